The minimum Gasteiger partial charge on any atom is -0.397 e. The summed E-state index contributed by atoms with van der Waals surface area (Å²) in [6.45, 7) is 5.55. The molecule has 0 aliphatic heterocycles. The Bertz CT molecular complexity index is 475. The third-order valence-corrected chi connectivity index (χ3v) is 4.08. The first kappa shape index (κ1) is 14.9. The molecule has 5 nitrogen and oxygen atoms in total. The van der Waals surface area contributed by atoms with Gasteiger partial charge in [0.25, 0.3) is 5.91 Å². The van der Waals surface area contributed by atoms with E-state index in [1.165, 1.54) is 12.8 Å². The fraction of sp³-hybridized carbons (Fsp3) is 0.667. The number of rotatable bonds is 7. The molecular weight excluding hydrogens is 254 g/mol. The number of amides is 1. The van der Waals surface area contributed by atoms with E-state index in [1.54, 1.807) is 13.2 Å². The van der Waals surface area contributed by atoms with Gasteiger partial charge < -0.3 is 20.4 Å². The molecule has 0 spiro atoms. The summed E-state index contributed by atoms with van der Waals surface area (Å²) in [5, 5.41) is 3.05. The lowest BCUT2D eigenvalue weighted by Gasteiger charge is -2.17. The van der Waals surface area contributed by atoms with Crippen molar-refractivity contribution in [3.8, 4) is 0 Å². The maximum Gasteiger partial charge on any atom is 0.268 e. The molecule has 2 rings (SSSR count). The monoisotopic (exact) mass is 279 g/mol. The Morgan fingerprint density at radius 3 is 2.80 bits per heavy atom. The number of hydrogen-bond acceptors (Lipinski definition) is 3. The van der Waals surface area contributed by atoms with E-state index in [-0.39, 0.29) is 17.4 Å². The molecule has 1 aromatic heterocycles. The van der Waals surface area contributed by atoms with Crippen LogP contribution in [0.2, 0.25) is 0 Å². The van der Waals surface area contributed by atoms with E-state index in [0.29, 0.717) is 11.4 Å². The van der Waals surface area contributed by atoms with Gasteiger partial charge in [0.2, 0.25) is 0 Å². The largest absolute Gasteiger partial charge is 0.397 e. The lowest BCUT2D eigenvalue weighted by Crippen LogP contribution is -2.32. The van der Waals surface area contributed by atoms with E-state index in [4.69, 9.17) is 10.5 Å². The number of carbonyl (C=O) groups excluding carboxylic acids is 1. The number of anilines is 1. The molecule has 0 saturated heterocycles. The van der Waals surface area contributed by atoms with Crippen molar-refractivity contribution in [1.82, 2.24) is 9.88 Å². The molecule has 112 valence electrons. The second-order valence-corrected chi connectivity index (χ2v) is 6.09. The second-order valence-electron chi connectivity index (χ2n) is 6.09. The van der Waals surface area contributed by atoms with Gasteiger partial charge in [-0.2, -0.15) is 0 Å². The normalized spacial score (nSPS) is 16.4. The molecule has 5 heteroatoms. The molecule has 3 N–H and O–H groups in total. The van der Waals surface area contributed by atoms with Crippen LogP contribution in [0.3, 0.4) is 0 Å². The molecule has 1 saturated carbocycles. The van der Waals surface area contributed by atoms with Crippen molar-refractivity contribution in [2.24, 2.45) is 5.41 Å². The van der Waals surface area contributed by atoms with Crippen molar-refractivity contribution in [3.05, 3.63) is 18.0 Å². The average molecular weight is 279 g/mol. The molecule has 1 aromatic rings. The van der Waals surface area contributed by atoms with E-state index in [9.17, 15) is 4.79 Å². The summed E-state index contributed by atoms with van der Waals surface area (Å²) in [5.41, 5.74) is 7.32. The Labute approximate surface area is 120 Å². The maximum absolute atomic E-state index is 12.3. The van der Waals surface area contributed by atoms with Gasteiger partial charge >= 0.3 is 0 Å². The highest BCUT2D eigenvalue weighted by molar-refractivity contribution is 5.93. The Balaban J connectivity index is 1.95. The van der Waals surface area contributed by atoms with Crippen LogP contribution in [0.25, 0.3) is 0 Å². The first-order chi connectivity index (χ1) is 9.47. The zero-order chi connectivity index (χ0) is 14.8. The van der Waals surface area contributed by atoms with Crippen LogP contribution in [0.15, 0.2) is 12.3 Å². The lowest BCUT2D eigenvalue weighted by atomic mass is 10.0. The number of aromatic nitrogens is 1. The zero-order valence-electron chi connectivity index (χ0n) is 12.6. The van der Waals surface area contributed by atoms with Gasteiger partial charge in [-0.25, -0.2) is 0 Å². The summed E-state index contributed by atoms with van der Waals surface area (Å²) < 4.78 is 7.05. The Morgan fingerprint density at radius 2 is 2.25 bits per heavy atom. The summed E-state index contributed by atoms with van der Waals surface area (Å²) in [7, 11) is 1.72. The van der Waals surface area contributed by atoms with Gasteiger partial charge in [0.05, 0.1) is 5.69 Å². The highest BCUT2D eigenvalue weighted by Crippen LogP contribution is 2.48. The van der Waals surface area contributed by atoms with Gasteiger partial charge in [0, 0.05) is 32.5 Å². The van der Waals surface area contributed by atoms with Crippen molar-refractivity contribution >= 4 is 11.6 Å². The SMILES string of the molecule is COCCC1(CNC(=O)c2cc(N)cn2C(C)C)CC1. The number of nitrogen functional groups attached to an aromatic ring is 1. The van der Waals surface area contributed by atoms with Gasteiger partial charge in [-0.05, 0) is 44.6 Å². The number of carbonyl (C=O) groups is 1. The maximum atomic E-state index is 12.3. The van der Waals surface area contributed by atoms with Crippen LogP contribution in [-0.2, 0) is 4.74 Å². The molecule has 1 amide bonds. The highest BCUT2D eigenvalue weighted by Gasteiger charge is 2.42. The van der Waals surface area contributed by atoms with Crippen LogP contribution >= 0.6 is 0 Å². The topological polar surface area (TPSA) is 69.3 Å². The number of nitrogens with zero attached hydrogens (tertiary/aromatic N) is 1. The standard InChI is InChI=1S/C15H25N3O2/c1-11(2)18-9-12(16)8-13(18)14(19)17-10-15(4-5-15)6-7-20-3/h8-9,11H,4-7,10,16H2,1-3H3,(H,17,19). The highest BCUT2D eigenvalue weighted by atomic mass is 16.5. The number of ether oxygens (including phenoxy) is 1. The summed E-state index contributed by atoms with van der Waals surface area (Å²) >= 11 is 0. The van der Waals surface area contributed by atoms with Crippen LogP contribution in [0.1, 0.15) is 49.6 Å². The Kier molecular flexibility index (Phi) is 4.38. The molecule has 0 bridgehead atoms. The lowest BCUT2D eigenvalue weighted by molar-refractivity contribution is 0.0927. The molecule has 1 fully saturated rings. The van der Waals surface area contributed by atoms with Crippen molar-refractivity contribution in [2.75, 3.05) is 26.0 Å². The fourth-order valence-electron chi connectivity index (χ4n) is 2.48. The third-order valence-electron chi connectivity index (χ3n) is 4.08. The summed E-state index contributed by atoms with van der Waals surface area (Å²) in [4.78, 5) is 12.3. The second kappa shape index (κ2) is 5.87. The predicted molar refractivity (Wildman–Crippen MR) is 79.7 cm³/mol. The zero-order valence-corrected chi connectivity index (χ0v) is 12.6. The number of hydrogen-bond donors (Lipinski definition) is 2. The molecule has 0 aromatic carbocycles. The van der Waals surface area contributed by atoms with E-state index in [2.05, 4.69) is 5.32 Å². The van der Waals surface area contributed by atoms with Crippen LogP contribution in [0.4, 0.5) is 5.69 Å². The van der Waals surface area contributed by atoms with Gasteiger partial charge in [0.1, 0.15) is 5.69 Å². The van der Waals surface area contributed by atoms with Gasteiger partial charge in [0.15, 0.2) is 0 Å². The van der Waals surface area contributed by atoms with Crippen LogP contribution < -0.4 is 11.1 Å². The van der Waals surface area contributed by atoms with Crippen LogP contribution in [0, 0.1) is 5.41 Å². The summed E-state index contributed by atoms with van der Waals surface area (Å²) in [5.74, 6) is -0.0425. The minimum atomic E-state index is -0.0425. The van der Waals surface area contributed by atoms with E-state index in [1.807, 2.05) is 24.6 Å². The smallest absolute Gasteiger partial charge is 0.268 e. The Hall–Kier alpha value is -1.49. The molecule has 0 radical (unpaired) electrons. The molecule has 0 unspecified atom stereocenters. The predicted octanol–water partition coefficient (Wildman–Crippen LogP) is 2.20. The van der Waals surface area contributed by atoms with E-state index < -0.39 is 0 Å². The van der Waals surface area contributed by atoms with E-state index >= 15 is 0 Å². The number of nitrogens with two attached hydrogens (primary N) is 1. The summed E-state index contributed by atoms with van der Waals surface area (Å²) in [6, 6.07) is 1.96. The molecule has 1 aliphatic carbocycles. The molecule has 1 heterocycles. The van der Waals surface area contributed by atoms with Gasteiger partial charge in [-0.3, -0.25) is 4.79 Å². The molecular formula is C15H25N3O2. The van der Waals surface area contributed by atoms with Gasteiger partial charge in [-0.1, -0.05) is 0 Å². The van der Waals surface area contributed by atoms with Crippen LogP contribution in [0.5, 0.6) is 0 Å². The summed E-state index contributed by atoms with van der Waals surface area (Å²) in [6.07, 6.45) is 5.17. The van der Waals surface area contributed by atoms with Crippen molar-refractivity contribution in [3.63, 3.8) is 0 Å². The van der Waals surface area contributed by atoms with E-state index in [0.717, 1.165) is 19.6 Å². The average Bonchev–Trinajstić information content (AvgIpc) is 3.07. The fourth-order valence-corrected chi connectivity index (χ4v) is 2.48. The Morgan fingerprint density at radius 1 is 1.55 bits per heavy atom. The van der Waals surface area contributed by atoms with Crippen molar-refractivity contribution < 1.29 is 9.53 Å². The molecule has 0 atom stereocenters. The number of methoxy groups -OCH3 is 1. The van der Waals surface area contributed by atoms with Gasteiger partial charge in [-0.15, -0.1) is 0 Å². The van der Waals surface area contributed by atoms with Crippen LogP contribution in [-0.4, -0.2) is 30.7 Å². The molecule has 20 heavy (non-hydrogen) atoms. The quantitative estimate of drug-likeness (QED) is 0.804. The first-order valence-electron chi connectivity index (χ1n) is 7.22. The first-order valence-corrected chi connectivity index (χ1v) is 7.22. The van der Waals surface area contributed by atoms with Crippen molar-refractivity contribution in [1.29, 1.82) is 0 Å². The van der Waals surface area contributed by atoms with Crippen molar-refractivity contribution in [2.45, 2.75) is 39.2 Å². The molecule has 1 aliphatic rings. The minimum absolute atomic E-state index is 0.0425. The number of nitrogens with one attached hydrogen (secondary N) is 1. The third kappa shape index (κ3) is 3.33.